The summed E-state index contributed by atoms with van der Waals surface area (Å²) in [6, 6.07) is 4.02. The third-order valence-corrected chi connectivity index (χ3v) is 3.80. The Morgan fingerprint density at radius 2 is 2.23 bits per heavy atom. The van der Waals surface area contributed by atoms with Crippen molar-refractivity contribution in [3.05, 3.63) is 34.5 Å². The number of nitrogens with two attached hydrogens (primary N) is 1. The third kappa shape index (κ3) is 2.17. The maximum Gasteiger partial charge on any atom is 0.114 e. The molecule has 1 nitrogen and oxygen atoms in total. The summed E-state index contributed by atoms with van der Waals surface area (Å²) in [4.78, 5) is 2.68. The first-order chi connectivity index (χ1) is 5.97. The zero-order valence-corrected chi connectivity index (χ0v) is 9.47. The topological polar surface area (TPSA) is 26.0 Å². The van der Waals surface area contributed by atoms with E-state index in [1.807, 2.05) is 12.1 Å². The Morgan fingerprint density at radius 3 is 2.62 bits per heavy atom. The molecule has 1 aromatic rings. The van der Waals surface area contributed by atoms with Gasteiger partial charge >= 0.3 is 0 Å². The molecule has 3 heteroatoms. The van der Waals surface area contributed by atoms with E-state index in [9.17, 15) is 0 Å². The normalized spacial score (nSPS) is 11.2. The minimum Gasteiger partial charge on any atom is -0.389 e. The van der Waals surface area contributed by atoms with Crippen LogP contribution in [0.4, 0.5) is 0 Å². The van der Waals surface area contributed by atoms with Crippen LogP contribution < -0.4 is 5.73 Å². The molecule has 0 bridgehead atoms. The maximum absolute atomic E-state index is 5.53. The molecule has 0 atom stereocenters. The van der Waals surface area contributed by atoms with Gasteiger partial charge in [-0.15, -0.1) is 17.9 Å². The number of allylic oxidation sites excluding steroid dienone is 1. The Kier molecular flexibility index (Phi) is 2.88. The highest BCUT2D eigenvalue weighted by atomic mass is 32.1. The number of thiocarbonyl (C=S) groups is 1. The molecule has 0 fully saturated rings. The van der Waals surface area contributed by atoms with Gasteiger partial charge in [-0.1, -0.05) is 32.1 Å². The fraction of sp³-hybridized carbons (Fsp3) is 0.300. The summed E-state index contributed by atoms with van der Waals surface area (Å²) >= 11 is 6.53. The average molecular weight is 211 g/mol. The predicted octanol–water partition coefficient (Wildman–Crippen LogP) is 2.85. The molecule has 1 rings (SSSR count). The summed E-state index contributed by atoms with van der Waals surface area (Å²) in [6.45, 7) is 8.05. The van der Waals surface area contributed by atoms with Crippen molar-refractivity contribution in [2.45, 2.75) is 19.3 Å². The minimum atomic E-state index is 0.00764. The van der Waals surface area contributed by atoms with Crippen molar-refractivity contribution in [2.75, 3.05) is 0 Å². The average Bonchev–Trinajstić information content (AvgIpc) is 2.52. The van der Waals surface area contributed by atoms with Crippen LogP contribution in [0.15, 0.2) is 24.8 Å². The van der Waals surface area contributed by atoms with Gasteiger partial charge in [0, 0.05) is 10.3 Å². The number of hydrogen-bond acceptors (Lipinski definition) is 2. The molecule has 1 aromatic heterocycles. The van der Waals surface area contributed by atoms with Crippen molar-refractivity contribution in [3.8, 4) is 0 Å². The van der Waals surface area contributed by atoms with Gasteiger partial charge in [0.1, 0.15) is 4.99 Å². The second-order valence-electron chi connectivity index (χ2n) is 3.45. The molecule has 0 aliphatic carbocycles. The van der Waals surface area contributed by atoms with Crippen LogP contribution in [-0.4, -0.2) is 4.99 Å². The molecule has 0 aliphatic rings. The first-order valence-corrected chi connectivity index (χ1v) is 5.23. The van der Waals surface area contributed by atoms with E-state index in [-0.39, 0.29) is 5.41 Å². The highest BCUT2D eigenvalue weighted by Crippen LogP contribution is 2.30. The molecular weight excluding hydrogens is 198 g/mol. The highest BCUT2D eigenvalue weighted by Gasteiger charge is 2.18. The van der Waals surface area contributed by atoms with Crippen LogP contribution >= 0.6 is 23.6 Å². The Labute approximate surface area is 88.3 Å². The van der Waals surface area contributed by atoms with Crippen molar-refractivity contribution in [3.63, 3.8) is 0 Å². The van der Waals surface area contributed by atoms with Crippen LogP contribution in [0.1, 0.15) is 23.6 Å². The molecule has 0 aliphatic heterocycles. The molecule has 0 radical (unpaired) electrons. The SMILES string of the molecule is C=CC(C)(C)c1ccc(C(N)=S)s1. The van der Waals surface area contributed by atoms with Crippen molar-refractivity contribution < 1.29 is 0 Å². The molecule has 0 amide bonds. The monoisotopic (exact) mass is 211 g/mol. The number of thiophene rings is 1. The lowest BCUT2D eigenvalue weighted by atomic mass is 9.92. The summed E-state index contributed by atoms with van der Waals surface area (Å²) in [6.07, 6.45) is 1.93. The molecule has 0 saturated carbocycles. The Hall–Kier alpha value is -0.670. The molecule has 70 valence electrons. The fourth-order valence-corrected chi connectivity index (χ4v) is 2.07. The van der Waals surface area contributed by atoms with Crippen LogP contribution in [0.2, 0.25) is 0 Å². The molecular formula is C10H13NS2. The van der Waals surface area contributed by atoms with Gasteiger partial charge in [0.25, 0.3) is 0 Å². The molecule has 0 aromatic carbocycles. The number of rotatable bonds is 3. The molecule has 0 saturated heterocycles. The second kappa shape index (κ2) is 3.60. The molecule has 1 heterocycles. The van der Waals surface area contributed by atoms with Gasteiger partial charge in [-0.25, -0.2) is 0 Å². The van der Waals surface area contributed by atoms with Gasteiger partial charge in [0.15, 0.2) is 0 Å². The number of hydrogen-bond donors (Lipinski definition) is 1. The quantitative estimate of drug-likeness (QED) is 0.614. The zero-order chi connectivity index (χ0) is 10.1. The fourth-order valence-electron chi connectivity index (χ4n) is 0.917. The van der Waals surface area contributed by atoms with E-state index in [4.69, 9.17) is 18.0 Å². The standard InChI is InChI=1S/C10H13NS2/c1-4-10(2,3)8-6-5-7(13-8)9(11)12/h4-6H,1H2,2-3H3,(H2,11,12). The van der Waals surface area contributed by atoms with Crippen LogP contribution in [-0.2, 0) is 5.41 Å². The first-order valence-electron chi connectivity index (χ1n) is 4.01. The van der Waals surface area contributed by atoms with E-state index in [0.29, 0.717) is 4.99 Å². The highest BCUT2D eigenvalue weighted by molar-refractivity contribution is 7.81. The van der Waals surface area contributed by atoms with E-state index in [0.717, 1.165) is 4.88 Å². The summed E-state index contributed by atoms with van der Waals surface area (Å²) in [5, 5.41) is 0. The summed E-state index contributed by atoms with van der Waals surface area (Å²) in [7, 11) is 0. The lowest BCUT2D eigenvalue weighted by Gasteiger charge is -2.16. The molecule has 0 unspecified atom stereocenters. The third-order valence-electron chi connectivity index (χ3n) is 1.99. The van der Waals surface area contributed by atoms with Crippen LogP contribution in [0.3, 0.4) is 0 Å². The summed E-state index contributed by atoms with van der Waals surface area (Å²) in [5.41, 5.74) is 5.54. The maximum atomic E-state index is 5.53. The lowest BCUT2D eigenvalue weighted by molar-refractivity contribution is 0.688. The molecule has 0 spiro atoms. The smallest absolute Gasteiger partial charge is 0.114 e. The Morgan fingerprint density at radius 1 is 1.62 bits per heavy atom. The first kappa shape index (κ1) is 10.4. The lowest BCUT2D eigenvalue weighted by Crippen LogP contribution is -2.10. The van der Waals surface area contributed by atoms with E-state index < -0.39 is 0 Å². The second-order valence-corrected chi connectivity index (χ2v) is 4.98. The van der Waals surface area contributed by atoms with E-state index in [2.05, 4.69) is 26.5 Å². The van der Waals surface area contributed by atoms with Gasteiger partial charge in [-0.05, 0) is 12.1 Å². The Balaban J connectivity index is 3.05. The van der Waals surface area contributed by atoms with E-state index in [1.54, 1.807) is 11.3 Å². The summed E-state index contributed by atoms with van der Waals surface area (Å²) in [5.74, 6) is 0. The van der Waals surface area contributed by atoms with Crippen molar-refractivity contribution >= 4 is 28.5 Å². The van der Waals surface area contributed by atoms with Crippen molar-refractivity contribution in [1.82, 2.24) is 0 Å². The predicted molar refractivity (Wildman–Crippen MR) is 63.4 cm³/mol. The van der Waals surface area contributed by atoms with E-state index >= 15 is 0 Å². The van der Waals surface area contributed by atoms with E-state index in [1.165, 1.54) is 4.88 Å². The summed E-state index contributed by atoms with van der Waals surface area (Å²) < 4.78 is 0. The minimum absolute atomic E-state index is 0.00764. The largest absolute Gasteiger partial charge is 0.389 e. The van der Waals surface area contributed by atoms with Crippen molar-refractivity contribution in [2.24, 2.45) is 5.73 Å². The van der Waals surface area contributed by atoms with Gasteiger partial charge in [0.05, 0.1) is 4.88 Å². The van der Waals surface area contributed by atoms with Gasteiger partial charge in [-0.2, -0.15) is 0 Å². The van der Waals surface area contributed by atoms with Crippen molar-refractivity contribution in [1.29, 1.82) is 0 Å². The molecule has 13 heavy (non-hydrogen) atoms. The van der Waals surface area contributed by atoms with Gasteiger partial charge < -0.3 is 5.73 Å². The van der Waals surface area contributed by atoms with Crippen LogP contribution in [0.5, 0.6) is 0 Å². The molecule has 2 N–H and O–H groups in total. The van der Waals surface area contributed by atoms with Gasteiger partial charge in [0.2, 0.25) is 0 Å². The van der Waals surface area contributed by atoms with Crippen LogP contribution in [0.25, 0.3) is 0 Å². The van der Waals surface area contributed by atoms with Gasteiger partial charge in [-0.3, -0.25) is 0 Å². The zero-order valence-electron chi connectivity index (χ0n) is 7.83. The van der Waals surface area contributed by atoms with Crippen LogP contribution in [0, 0.1) is 0 Å². The Bertz CT molecular complexity index is 336.